The molecule has 2 heteroatoms. The van der Waals surface area contributed by atoms with Gasteiger partial charge in [-0.25, -0.2) is 4.98 Å². The van der Waals surface area contributed by atoms with Gasteiger partial charge < -0.3 is 4.98 Å². The molecule has 0 spiro atoms. The topological polar surface area (TPSA) is 28.7 Å². The highest BCUT2D eigenvalue weighted by Gasteiger charge is 2.02. The highest BCUT2D eigenvalue weighted by Crippen LogP contribution is 2.21. The van der Waals surface area contributed by atoms with Crippen LogP contribution in [0.5, 0.6) is 0 Å². The maximum atomic E-state index is 4.21. The Morgan fingerprint density at radius 1 is 1.46 bits per heavy atom. The Labute approximate surface area is 77.3 Å². The highest BCUT2D eigenvalue weighted by molar-refractivity contribution is 5.81. The number of nitrogens with one attached hydrogen (secondary N) is 1. The molecule has 0 radical (unpaired) electrons. The van der Waals surface area contributed by atoms with Crippen molar-refractivity contribution in [1.82, 2.24) is 9.97 Å². The third-order valence-corrected chi connectivity index (χ3v) is 2.23. The van der Waals surface area contributed by atoms with E-state index in [1.807, 2.05) is 6.92 Å². The summed E-state index contributed by atoms with van der Waals surface area (Å²) in [6, 6.07) is 4.18. The standard InChI is InChI=1S/C11H12N2/c1-7(2)9-5-11-10(4-8(9)3)12-6-13-11/h4-6H,1H2,2-3H3,(H,12,13). The molecule has 1 aromatic heterocycles. The van der Waals surface area contributed by atoms with E-state index in [9.17, 15) is 0 Å². The molecule has 13 heavy (non-hydrogen) atoms. The Kier molecular flexibility index (Phi) is 1.69. The summed E-state index contributed by atoms with van der Waals surface area (Å²) in [5, 5.41) is 0. The maximum absolute atomic E-state index is 4.21. The van der Waals surface area contributed by atoms with E-state index in [-0.39, 0.29) is 0 Å². The number of aromatic amines is 1. The fourth-order valence-electron chi connectivity index (χ4n) is 1.55. The Bertz CT molecular complexity index is 466. The summed E-state index contributed by atoms with van der Waals surface area (Å²) >= 11 is 0. The van der Waals surface area contributed by atoms with Crippen LogP contribution in [0.15, 0.2) is 25.0 Å². The molecular weight excluding hydrogens is 160 g/mol. The van der Waals surface area contributed by atoms with E-state index in [0.29, 0.717) is 0 Å². The maximum Gasteiger partial charge on any atom is 0.0931 e. The first-order valence-corrected chi connectivity index (χ1v) is 4.28. The number of nitrogens with zero attached hydrogens (tertiary/aromatic N) is 1. The van der Waals surface area contributed by atoms with Gasteiger partial charge in [0.1, 0.15) is 0 Å². The second-order valence-corrected chi connectivity index (χ2v) is 3.37. The van der Waals surface area contributed by atoms with Gasteiger partial charge in [-0.3, -0.25) is 0 Å². The molecule has 2 rings (SSSR count). The number of hydrogen-bond donors (Lipinski definition) is 1. The summed E-state index contributed by atoms with van der Waals surface area (Å²) in [4.78, 5) is 7.29. The number of rotatable bonds is 1. The largest absolute Gasteiger partial charge is 0.345 e. The highest BCUT2D eigenvalue weighted by atomic mass is 14.9. The number of H-pyrrole nitrogens is 1. The van der Waals surface area contributed by atoms with Crippen molar-refractivity contribution in [1.29, 1.82) is 0 Å². The molecule has 0 saturated heterocycles. The summed E-state index contributed by atoms with van der Waals surface area (Å²) in [7, 11) is 0. The summed E-state index contributed by atoms with van der Waals surface area (Å²) < 4.78 is 0. The van der Waals surface area contributed by atoms with Crippen molar-refractivity contribution in [2.24, 2.45) is 0 Å². The molecular formula is C11H12N2. The van der Waals surface area contributed by atoms with Crippen LogP contribution in [0.25, 0.3) is 16.6 Å². The SMILES string of the molecule is C=C(C)c1cc2nc[nH]c2cc1C. The van der Waals surface area contributed by atoms with Crippen molar-refractivity contribution >= 4 is 16.6 Å². The van der Waals surface area contributed by atoms with Crippen LogP contribution in [0.2, 0.25) is 0 Å². The van der Waals surface area contributed by atoms with Gasteiger partial charge in [-0.2, -0.15) is 0 Å². The normalized spacial score (nSPS) is 10.6. The van der Waals surface area contributed by atoms with Crippen molar-refractivity contribution in [3.8, 4) is 0 Å². The van der Waals surface area contributed by atoms with Crippen LogP contribution in [0.4, 0.5) is 0 Å². The van der Waals surface area contributed by atoms with Crippen molar-refractivity contribution in [3.63, 3.8) is 0 Å². The molecule has 0 bridgehead atoms. The minimum atomic E-state index is 1.00. The lowest BCUT2D eigenvalue weighted by Crippen LogP contribution is -1.84. The van der Waals surface area contributed by atoms with Crippen LogP contribution in [0, 0.1) is 6.92 Å². The van der Waals surface area contributed by atoms with Crippen LogP contribution >= 0.6 is 0 Å². The average molecular weight is 172 g/mol. The molecule has 0 saturated carbocycles. The van der Waals surface area contributed by atoms with Crippen molar-refractivity contribution in [2.45, 2.75) is 13.8 Å². The van der Waals surface area contributed by atoms with Gasteiger partial charge in [0.15, 0.2) is 0 Å². The van der Waals surface area contributed by atoms with Crippen LogP contribution < -0.4 is 0 Å². The van der Waals surface area contributed by atoms with E-state index in [1.54, 1.807) is 6.33 Å². The Balaban J connectivity index is 2.76. The molecule has 0 amide bonds. The predicted molar refractivity (Wildman–Crippen MR) is 55.5 cm³/mol. The minimum absolute atomic E-state index is 1.00. The van der Waals surface area contributed by atoms with E-state index in [2.05, 4.69) is 35.6 Å². The Hall–Kier alpha value is -1.57. The summed E-state index contributed by atoms with van der Waals surface area (Å²) in [5.74, 6) is 0. The summed E-state index contributed by atoms with van der Waals surface area (Å²) in [6.07, 6.45) is 1.71. The fraction of sp³-hybridized carbons (Fsp3) is 0.182. The number of aryl methyl sites for hydroxylation is 1. The second kappa shape index (κ2) is 2.73. The van der Waals surface area contributed by atoms with E-state index < -0.39 is 0 Å². The van der Waals surface area contributed by atoms with Gasteiger partial charge in [-0.15, -0.1) is 0 Å². The molecule has 1 N–H and O–H groups in total. The molecule has 0 unspecified atom stereocenters. The Morgan fingerprint density at radius 3 is 2.92 bits per heavy atom. The van der Waals surface area contributed by atoms with Gasteiger partial charge in [0.05, 0.1) is 17.4 Å². The third-order valence-electron chi connectivity index (χ3n) is 2.23. The van der Waals surface area contributed by atoms with E-state index in [1.165, 1.54) is 11.1 Å². The summed E-state index contributed by atoms with van der Waals surface area (Å²) in [6.45, 7) is 8.04. The molecule has 1 aromatic carbocycles. The van der Waals surface area contributed by atoms with Crippen LogP contribution in [0.1, 0.15) is 18.1 Å². The number of aromatic nitrogens is 2. The van der Waals surface area contributed by atoms with Gasteiger partial charge in [0, 0.05) is 0 Å². The smallest absolute Gasteiger partial charge is 0.0931 e. The van der Waals surface area contributed by atoms with Crippen LogP contribution in [-0.2, 0) is 0 Å². The van der Waals surface area contributed by atoms with Gasteiger partial charge in [-0.1, -0.05) is 12.2 Å². The van der Waals surface area contributed by atoms with E-state index in [0.717, 1.165) is 16.6 Å². The number of allylic oxidation sites excluding steroid dienone is 1. The molecule has 2 aromatic rings. The van der Waals surface area contributed by atoms with Gasteiger partial charge >= 0.3 is 0 Å². The fourth-order valence-corrected chi connectivity index (χ4v) is 1.55. The molecule has 0 aliphatic carbocycles. The quantitative estimate of drug-likeness (QED) is 0.704. The summed E-state index contributed by atoms with van der Waals surface area (Å²) in [5.41, 5.74) is 5.61. The van der Waals surface area contributed by atoms with Gasteiger partial charge in [0.25, 0.3) is 0 Å². The molecule has 1 heterocycles. The number of benzene rings is 1. The lowest BCUT2D eigenvalue weighted by Gasteiger charge is -2.04. The molecule has 0 aliphatic heterocycles. The second-order valence-electron chi connectivity index (χ2n) is 3.37. The average Bonchev–Trinajstić information content (AvgIpc) is 2.48. The lowest BCUT2D eigenvalue weighted by atomic mass is 10.0. The number of imidazole rings is 1. The van der Waals surface area contributed by atoms with Crippen molar-refractivity contribution < 1.29 is 0 Å². The molecule has 66 valence electrons. The number of hydrogen-bond acceptors (Lipinski definition) is 1. The predicted octanol–water partition coefficient (Wildman–Crippen LogP) is 2.90. The first kappa shape index (κ1) is 8.05. The van der Waals surface area contributed by atoms with Crippen LogP contribution in [-0.4, -0.2) is 9.97 Å². The van der Waals surface area contributed by atoms with E-state index in [4.69, 9.17) is 0 Å². The zero-order chi connectivity index (χ0) is 9.42. The molecule has 0 aliphatic rings. The minimum Gasteiger partial charge on any atom is -0.345 e. The molecule has 0 atom stereocenters. The monoisotopic (exact) mass is 172 g/mol. The zero-order valence-corrected chi connectivity index (χ0v) is 7.89. The van der Waals surface area contributed by atoms with Gasteiger partial charge in [-0.05, 0) is 37.1 Å². The zero-order valence-electron chi connectivity index (χ0n) is 7.89. The molecule has 2 nitrogen and oxygen atoms in total. The molecule has 0 fully saturated rings. The lowest BCUT2D eigenvalue weighted by molar-refractivity contribution is 1.34. The van der Waals surface area contributed by atoms with E-state index >= 15 is 0 Å². The third kappa shape index (κ3) is 1.24. The van der Waals surface area contributed by atoms with Gasteiger partial charge in [0.2, 0.25) is 0 Å². The Morgan fingerprint density at radius 2 is 2.23 bits per heavy atom. The van der Waals surface area contributed by atoms with Crippen molar-refractivity contribution in [2.75, 3.05) is 0 Å². The first-order valence-electron chi connectivity index (χ1n) is 4.28. The number of fused-ring (bicyclic) bond motifs is 1. The van der Waals surface area contributed by atoms with Crippen LogP contribution in [0.3, 0.4) is 0 Å². The first-order chi connectivity index (χ1) is 6.18. The van der Waals surface area contributed by atoms with Crippen molar-refractivity contribution in [3.05, 3.63) is 36.2 Å².